The van der Waals surface area contributed by atoms with Crippen LogP contribution in [0.2, 0.25) is 0 Å². The maximum atomic E-state index is 4.10. The quantitative estimate of drug-likeness (QED) is 0.745. The molecule has 3 aromatic rings. The summed E-state index contributed by atoms with van der Waals surface area (Å²) in [4.78, 5) is 4.10. The van der Waals surface area contributed by atoms with Gasteiger partial charge in [-0.2, -0.15) is 5.10 Å². The van der Waals surface area contributed by atoms with Crippen molar-refractivity contribution in [3.8, 4) is 11.3 Å². The van der Waals surface area contributed by atoms with Gasteiger partial charge < -0.3 is 5.32 Å². The van der Waals surface area contributed by atoms with Gasteiger partial charge in [0.25, 0.3) is 0 Å². The van der Waals surface area contributed by atoms with Crippen molar-refractivity contribution in [3.63, 3.8) is 0 Å². The highest BCUT2D eigenvalue weighted by molar-refractivity contribution is 5.58. The molecule has 0 radical (unpaired) electrons. The lowest BCUT2D eigenvalue weighted by molar-refractivity contribution is 0.691. The molecule has 0 atom stereocenters. The fourth-order valence-corrected chi connectivity index (χ4v) is 2.07. The van der Waals surface area contributed by atoms with Gasteiger partial charge in [-0.05, 0) is 28.8 Å². The van der Waals surface area contributed by atoms with Crippen LogP contribution in [0.15, 0.2) is 61.1 Å². The number of hydrogen-bond donors (Lipinski definition) is 2. The van der Waals surface area contributed by atoms with Crippen molar-refractivity contribution in [1.82, 2.24) is 20.5 Å². The summed E-state index contributed by atoms with van der Waals surface area (Å²) < 4.78 is 0. The van der Waals surface area contributed by atoms with Crippen LogP contribution < -0.4 is 5.32 Å². The highest BCUT2D eigenvalue weighted by Crippen LogP contribution is 2.16. The summed E-state index contributed by atoms with van der Waals surface area (Å²) in [5.74, 6) is 0. The van der Waals surface area contributed by atoms with Crippen LogP contribution in [0.1, 0.15) is 11.1 Å². The SMILES string of the molecule is c1cncc(CNCc2ccc(-c3ccn[nH]3)cc2)c1. The summed E-state index contributed by atoms with van der Waals surface area (Å²) >= 11 is 0. The van der Waals surface area contributed by atoms with Crippen molar-refractivity contribution in [2.24, 2.45) is 0 Å². The van der Waals surface area contributed by atoms with Crippen LogP contribution >= 0.6 is 0 Å². The van der Waals surface area contributed by atoms with E-state index in [0.29, 0.717) is 0 Å². The molecule has 3 rings (SSSR count). The number of rotatable bonds is 5. The number of H-pyrrole nitrogens is 1. The van der Waals surface area contributed by atoms with Crippen LogP contribution in [0.4, 0.5) is 0 Å². The van der Waals surface area contributed by atoms with Crippen LogP contribution in [0.25, 0.3) is 11.3 Å². The van der Waals surface area contributed by atoms with Crippen molar-refractivity contribution < 1.29 is 0 Å². The first-order valence-corrected chi connectivity index (χ1v) is 6.60. The van der Waals surface area contributed by atoms with E-state index in [4.69, 9.17) is 0 Å². The Bertz CT molecular complexity index is 630. The van der Waals surface area contributed by atoms with Gasteiger partial charge in [-0.25, -0.2) is 0 Å². The molecule has 0 fully saturated rings. The summed E-state index contributed by atoms with van der Waals surface area (Å²) in [6.45, 7) is 1.67. The molecule has 4 nitrogen and oxygen atoms in total. The third kappa shape index (κ3) is 3.10. The molecule has 20 heavy (non-hydrogen) atoms. The Hall–Kier alpha value is -2.46. The minimum absolute atomic E-state index is 0.830. The molecule has 0 amide bonds. The maximum absolute atomic E-state index is 4.10. The fourth-order valence-electron chi connectivity index (χ4n) is 2.07. The van der Waals surface area contributed by atoms with Crippen LogP contribution in [-0.4, -0.2) is 15.2 Å². The molecule has 100 valence electrons. The summed E-state index contributed by atoms with van der Waals surface area (Å²) in [7, 11) is 0. The number of nitrogens with one attached hydrogen (secondary N) is 2. The predicted molar refractivity (Wildman–Crippen MR) is 78.8 cm³/mol. The Kier molecular flexibility index (Phi) is 3.85. The topological polar surface area (TPSA) is 53.6 Å². The van der Waals surface area contributed by atoms with E-state index >= 15 is 0 Å². The molecule has 0 bridgehead atoms. The number of hydrogen-bond acceptors (Lipinski definition) is 3. The van der Waals surface area contributed by atoms with Crippen LogP contribution in [-0.2, 0) is 13.1 Å². The Labute approximate surface area is 117 Å². The zero-order chi connectivity index (χ0) is 13.6. The van der Waals surface area contributed by atoms with Crippen LogP contribution in [0.5, 0.6) is 0 Å². The van der Waals surface area contributed by atoms with E-state index in [2.05, 4.69) is 50.8 Å². The zero-order valence-electron chi connectivity index (χ0n) is 11.1. The van der Waals surface area contributed by atoms with Crippen molar-refractivity contribution in [1.29, 1.82) is 0 Å². The Morgan fingerprint density at radius 3 is 2.45 bits per heavy atom. The van der Waals surface area contributed by atoms with Crippen molar-refractivity contribution in [2.75, 3.05) is 0 Å². The highest BCUT2D eigenvalue weighted by atomic mass is 15.1. The van der Waals surface area contributed by atoms with E-state index in [1.54, 1.807) is 12.4 Å². The summed E-state index contributed by atoms with van der Waals surface area (Å²) in [5, 5.41) is 10.3. The second-order valence-corrected chi connectivity index (χ2v) is 4.63. The molecular formula is C16H16N4. The number of aromatic amines is 1. The van der Waals surface area contributed by atoms with Gasteiger partial charge in [0, 0.05) is 31.7 Å². The van der Waals surface area contributed by atoms with Gasteiger partial charge in [0.15, 0.2) is 0 Å². The molecule has 2 heterocycles. The Morgan fingerprint density at radius 1 is 0.900 bits per heavy atom. The summed E-state index contributed by atoms with van der Waals surface area (Å²) in [6.07, 6.45) is 5.44. The predicted octanol–water partition coefficient (Wildman–Crippen LogP) is 2.76. The first kappa shape index (κ1) is 12.6. The molecule has 0 spiro atoms. The monoisotopic (exact) mass is 264 g/mol. The second-order valence-electron chi connectivity index (χ2n) is 4.63. The van der Waals surface area contributed by atoms with E-state index in [1.165, 1.54) is 11.1 Å². The minimum atomic E-state index is 0.830. The molecule has 2 N–H and O–H groups in total. The standard InChI is InChI=1S/C16H16N4/c1-2-14(11-17-8-1)12-18-10-13-3-5-15(6-4-13)16-7-9-19-20-16/h1-9,11,18H,10,12H2,(H,19,20). The highest BCUT2D eigenvalue weighted by Gasteiger charge is 1.99. The van der Waals surface area contributed by atoms with E-state index in [9.17, 15) is 0 Å². The largest absolute Gasteiger partial charge is 0.309 e. The summed E-state index contributed by atoms with van der Waals surface area (Å²) in [6, 6.07) is 14.5. The molecule has 4 heteroatoms. The molecule has 0 aliphatic heterocycles. The number of nitrogens with zero attached hydrogens (tertiary/aromatic N) is 2. The lowest BCUT2D eigenvalue weighted by Crippen LogP contribution is -2.12. The van der Waals surface area contributed by atoms with Gasteiger partial charge in [-0.1, -0.05) is 30.3 Å². The van der Waals surface area contributed by atoms with E-state index in [1.807, 2.05) is 18.3 Å². The van der Waals surface area contributed by atoms with E-state index in [0.717, 1.165) is 24.3 Å². The van der Waals surface area contributed by atoms with Crippen molar-refractivity contribution >= 4 is 0 Å². The smallest absolute Gasteiger partial charge is 0.0650 e. The molecule has 0 unspecified atom stereocenters. The van der Waals surface area contributed by atoms with Gasteiger partial charge in [0.05, 0.1) is 5.69 Å². The van der Waals surface area contributed by atoms with Gasteiger partial charge in [-0.3, -0.25) is 10.1 Å². The fraction of sp³-hybridized carbons (Fsp3) is 0.125. The first-order valence-electron chi connectivity index (χ1n) is 6.60. The van der Waals surface area contributed by atoms with Crippen LogP contribution in [0, 0.1) is 0 Å². The van der Waals surface area contributed by atoms with E-state index in [-0.39, 0.29) is 0 Å². The molecule has 0 aliphatic carbocycles. The van der Waals surface area contributed by atoms with Crippen molar-refractivity contribution in [2.45, 2.75) is 13.1 Å². The van der Waals surface area contributed by atoms with Gasteiger partial charge >= 0.3 is 0 Å². The lowest BCUT2D eigenvalue weighted by atomic mass is 10.1. The third-order valence-electron chi connectivity index (χ3n) is 3.15. The number of benzene rings is 1. The molecule has 1 aromatic carbocycles. The molecule has 0 saturated heterocycles. The minimum Gasteiger partial charge on any atom is -0.309 e. The summed E-state index contributed by atoms with van der Waals surface area (Å²) in [5.41, 5.74) is 4.65. The van der Waals surface area contributed by atoms with E-state index < -0.39 is 0 Å². The number of pyridine rings is 1. The second kappa shape index (κ2) is 6.12. The zero-order valence-corrected chi connectivity index (χ0v) is 11.1. The Balaban J connectivity index is 1.56. The van der Waals surface area contributed by atoms with Crippen LogP contribution in [0.3, 0.4) is 0 Å². The first-order chi connectivity index (χ1) is 9.92. The van der Waals surface area contributed by atoms with Gasteiger partial charge in [0.1, 0.15) is 0 Å². The van der Waals surface area contributed by atoms with Gasteiger partial charge in [-0.15, -0.1) is 0 Å². The van der Waals surface area contributed by atoms with Crippen molar-refractivity contribution in [3.05, 3.63) is 72.2 Å². The maximum Gasteiger partial charge on any atom is 0.0650 e. The average molecular weight is 264 g/mol. The molecule has 2 aromatic heterocycles. The molecule has 0 aliphatic rings. The normalized spacial score (nSPS) is 10.6. The average Bonchev–Trinajstić information content (AvgIpc) is 3.03. The lowest BCUT2D eigenvalue weighted by Gasteiger charge is -2.05. The van der Waals surface area contributed by atoms with Gasteiger partial charge in [0.2, 0.25) is 0 Å². The third-order valence-corrected chi connectivity index (χ3v) is 3.15. The molecular weight excluding hydrogens is 248 g/mol. The molecule has 0 saturated carbocycles. The Morgan fingerprint density at radius 2 is 1.75 bits per heavy atom. The number of aromatic nitrogens is 3.